The third kappa shape index (κ3) is 6.59. The molecule has 106 valence electrons. The Morgan fingerprint density at radius 3 is 1.94 bits per heavy atom. The predicted octanol–water partition coefficient (Wildman–Crippen LogP) is 1.71. The minimum atomic E-state index is -0.571. The monoisotopic (exact) mass is 258 g/mol. The van der Waals surface area contributed by atoms with Crippen molar-refractivity contribution in [3.05, 3.63) is 0 Å². The molecule has 5 nitrogen and oxygen atoms in total. The normalized spacial score (nSPS) is 13.9. The van der Waals surface area contributed by atoms with E-state index in [-0.39, 0.29) is 17.7 Å². The van der Waals surface area contributed by atoms with E-state index in [9.17, 15) is 9.59 Å². The minimum absolute atomic E-state index is 0.0594. The van der Waals surface area contributed by atoms with Crippen LogP contribution in [0.5, 0.6) is 0 Å². The van der Waals surface area contributed by atoms with E-state index < -0.39 is 17.7 Å². The van der Waals surface area contributed by atoms with Crippen molar-refractivity contribution < 1.29 is 14.3 Å². The first-order valence-corrected chi connectivity index (χ1v) is 6.14. The average molecular weight is 258 g/mol. The molecule has 0 saturated heterocycles. The summed E-state index contributed by atoms with van der Waals surface area (Å²) >= 11 is 0. The maximum absolute atomic E-state index is 12.0. The molecule has 2 N–H and O–H groups in total. The van der Waals surface area contributed by atoms with Gasteiger partial charge in [0.05, 0.1) is 12.6 Å². The topological polar surface area (TPSA) is 67.4 Å². The molecule has 0 rings (SSSR count). The molecule has 0 heterocycles. The van der Waals surface area contributed by atoms with Crippen LogP contribution in [0.4, 0.5) is 4.79 Å². The van der Waals surface area contributed by atoms with Gasteiger partial charge in [-0.05, 0) is 33.2 Å². The summed E-state index contributed by atoms with van der Waals surface area (Å²) < 4.78 is 5.17. The molecule has 5 heteroatoms. The molecule has 1 unspecified atom stereocenters. The number of hydrogen-bond donors (Lipinski definition) is 2. The highest BCUT2D eigenvalue weighted by Crippen LogP contribution is 2.20. The Hall–Kier alpha value is -1.10. The quantitative estimate of drug-likeness (QED) is 0.805. The maximum atomic E-state index is 12.0. The number of carbonyl (C=O) groups is 2. The van der Waals surface area contributed by atoms with Gasteiger partial charge in [-0.15, -0.1) is 0 Å². The van der Waals surface area contributed by atoms with Crippen molar-refractivity contribution in [3.8, 4) is 0 Å². The lowest BCUT2D eigenvalue weighted by molar-refractivity contribution is -0.122. The van der Waals surface area contributed by atoms with E-state index in [1.165, 1.54) is 0 Å². The molecule has 0 aromatic rings. The van der Waals surface area contributed by atoms with Gasteiger partial charge in [0.25, 0.3) is 0 Å². The van der Waals surface area contributed by atoms with Crippen molar-refractivity contribution in [2.75, 3.05) is 13.6 Å². The SMILES string of the molecule is CNCC(=O)C(NC(=O)OC(C)(C)C)C(C)(C)C. The maximum Gasteiger partial charge on any atom is 0.408 e. The van der Waals surface area contributed by atoms with Crippen LogP contribution in [0.1, 0.15) is 41.5 Å². The summed E-state index contributed by atoms with van der Waals surface area (Å²) in [6, 6.07) is -0.570. The van der Waals surface area contributed by atoms with E-state index in [4.69, 9.17) is 4.74 Å². The van der Waals surface area contributed by atoms with Crippen LogP contribution in [0, 0.1) is 5.41 Å². The van der Waals surface area contributed by atoms with Gasteiger partial charge in [0.15, 0.2) is 5.78 Å². The van der Waals surface area contributed by atoms with Crippen molar-refractivity contribution in [1.29, 1.82) is 0 Å². The van der Waals surface area contributed by atoms with Crippen molar-refractivity contribution >= 4 is 11.9 Å². The second-order valence-corrected chi connectivity index (χ2v) is 6.44. The summed E-state index contributed by atoms with van der Waals surface area (Å²) in [7, 11) is 1.70. The number of hydrogen-bond acceptors (Lipinski definition) is 4. The lowest BCUT2D eigenvalue weighted by Crippen LogP contribution is -2.52. The number of rotatable bonds is 4. The van der Waals surface area contributed by atoms with Crippen LogP contribution in [0.15, 0.2) is 0 Å². The first-order valence-electron chi connectivity index (χ1n) is 6.14. The zero-order valence-electron chi connectivity index (χ0n) is 12.5. The number of likely N-dealkylation sites (N-methyl/N-ethyl adjacent to an activating group) is 1. The molecule has 0 saturated carbocycles. The molecule has 0 bridgehead atoms. The zero-order chi connectivity index (χ0) is 14.6. The summed E-state index contributed by atoms with van der Waals surface area (Å²) in [5.41, 5.74) is -0.927. The van der Waals surface area contributed by atoms with Gasteiger partial charge in [-0.1, -0.05) is 20.8 Å². The first kappa shape index (κ1) is 16.9. The number of carbonyl (C=O) groups excluding carboxylic acids is 2. The van der Waals surface area contributed by atoms with E-state index in [0.717, 1.165) is 0 Å². The lowest BCUT2D eigenvalue weighted by Gasteiger charge is -2.31. The van der Waals surface area contributed by atoms with Crippen molar-refractivity contribution in [3.63, 3.8) is 0 Å². The van der Waals surface area contributed by atoms with Crippen LogP contribution >= 0.6 is 0 Å². The standard InChI is InChI=1S/C13H26N2O3/c1-12(2,3)10(9(16)8-14-7)15-11(17)18-13(4,5)6/h10,14H,8H2,1-7H3,(H,15,17). The number of ketones is 1. The fraction of sp³-hybridized carbons (Fsp3) is 0.846. The Kier molecular flexibility index (Phi) is 5.80. The van der Waals surface area contributed by atoms with Gasteiger partial charge in [0, 0.05) is 0 Å². The summed E-state index contributed by atoms with van der Waals surface area (Å²) in [6.07, 6.45) is -0.563. The lowest BCUT2D eigenvalue weighted by atomic mass is 9.84. The Morgan fingerprint density at radius 1 is 1.11 bits per heavy atom. The Bertz CT molecular complexity index is 300. The third-order valence-electron chi connectivity index (χ3n) is 2.20. The molecule has 0 aromatic heterocycles. The highest BCUT2D eigenvalue weighted by molar-refractivity contribution is 5.89. The fourth-order valence-electron chi connectivity index (χ4n) is 1.48. The summed E-state index contributed by atoms with van der Waals surface area (Å²) in [5.74, 6) is -0.0594. The van der Waals surface area contributed by atoms with Gasteiger partial charge in [0.2, 0.25) is 0 Å². The smallest absolute Gasteiger partial charge is 0.408 e. The minimum Gasteiger partial charge on any atom is -0.444 e. The Labute approximate surface area is 110 Å². The van der Waals surface area contributed by atoms with Crippen molar-refractivity contribution in [2.24, 2.45) is 5.41 Å². The van der Waals surface area contributed by atoms with Crippen LogP contribution < -0.4 is 10.6 Å². The molecule has 0 aliphatic carbocycles. The molecular formula is C13H26N2O3. The number of alkyl carbamates (subject to hydrolysis) is 1. The van der Waals surface area contributed by atoms with E-state index in [1.54, 1.807) is 27.8 Å². The molecule has 0 spiro atoms. The van der Waals surface area contributed by atoms with E-state index >= 15 is 0 Å². The number of nitrogens with one attached hydrogen (secondary N) is 2. The summed E-state index contributed by atoms with van der Waals surface area (Å²) in [6.45, 7) is 11.3. The van der Waals surface area contributed by atoms with Crippen LogP contribution in [0.2, 0.25) is 0 Å². The second-order valence-electron chi connectivity index (χ2n) is 6.44. The molecule has 0 aromatic carbocycles. The molecule has 1 amide bonds. The average Bonchev–Trinajstić information content (AvgIpc) is 2.09. The number of Topliss-reactive ketones (excluding diaryl/α,β-unsaturated/α-hetero) is 1. The zero-order valence-corrected chi connectivity index (χ0v) is 12.5. The summed E-state index contributed by atoms with van der Waals surface area (Å²) in [4.78, 5) is 23.7. The molecular weight excluding hydrogens is 232 g/mol. The largest absolute Gasteiger partial charge is 0.444 e. The molecule has 0 radical (unpaired) electrons. The van der Waals surface area contributed by atoms with Gasteiger partial charge in [-0.3, -0.25) is 4.79 Å². The van der Waals surface area contributed by atoms with E-state index in [0.29, 0.717) is 0 Å². The van der Waals surface area contributed by atoms with E-state index in [1.807, 2.05) is 20.8 Å². The Balaban J connectivity index is 4.72. The van der Waals surface area contributed by atoms with Gasteiger partial charge < -0.3 is 15.4 Å². The molecule has 0 aliphatic rings. The van der Waals surface area contributed by atoms with Crippen LogP contribution in [-0.2, 0) is 9.53 Å². The first-order chi connectivity index (χ1) is 7.97. The van der Waals surface area contributed by atoms with Gasteiger partial charge in [-0.2, -0.15) is 0 Å². The molecule has 18 heavy (non-hydrogen) atoms. The Morgan fingerprint density at radius 2 is 1.61 bits per heavy atom. The van der Waals surface area contributed by atoms with E-state index in [2.05, 4.69) is 10.6 Å². The number of ether oxygens (including phenoxy) is 1. The van der Waals surface area contributed by atoms with Gasteiger partial charge in [0.1, 0.15) is 5.60 Å². The van der Waals surface area contributed by atoms with Crippen LogP contribution in [0.25, 0.3) is 0 Å². The van der Waals surface area contributed by atoms with Gasteiger partial charge in [-0.25, -0.2) is 4.79 Å². The molecule has 0 fully saturated rings. The highest BCUT2D eigenvalue weighted by Gasteiger charge is 2.33. The predicted molar refractivity (Wildman–Crippen MR) is 71.5 cm³/mol. The highest BCUT2D eigenvalue weighted by atomic mass is 16.6. The molecule has 0 aliphatic heterocycles. The van der Waals surface area contributed by atoms with Crippen molar-refractivity contribution in [1.82, 2.24) is 10.6 Å². The van der Waals surface area contributed by atoms with Crippen molar-refractivity contribution in [2.45, 2.75) is 53.2 Å². The fourth-order valence-corrected chi connectivity index (χ4v) is 1.48. The second kappa shape index (κ2) is 6.18. The van der Waals surface area contributed by atoms with Crippen LogP contribution in [-0.4, -0.2) is 37.1 Å². The number of amides is 1. The summed E-state index contributed by atoms with van der Waals surface area (Å²) in [5, 5.41) is 5.45. The van der Waals surface area contributed by atoms with Crippen LogP contribution in [0.3, 0.4) is 0 Å². The van der Waals surface area contributed by atoms with Gasteiger partial charge >= 0.3 is 6.09 Å². The third-order valence-corrected chi connectivity index (χ3v) is 2.20. The molecule has 1 atom stereocenters.